The van der Waals surface area contributed by atoms with Gasteiger partial charge in [0, 0.05) is 41.2 Å². The van der Waals surface area contributed by atoms with E-state index in [0.29, 0.717) is 51.7 Å². The van der Waals surface area contributed by atoms with Crippen LogP contribution in [0.25, 0.3) is 33.3 Å². The molecule has 6 aromatic rings. The van der Waals surface area contributed by atoms with E-state index in [1.807, 2.05) is 0 Å². The zero-order valence-corrected chi connectivity index (χ0v) is 25.1. The van der Waals surface area contributed by atoms with Crippen molar-refractivity contribution in [2.45, 2.75) is 32.1 Å². The first-order valence-electron chi connectivity index (χ1n) is 14.4. The van der Waals surface area contributed by atoms with E-state index in [1.54, 1.807) is 53.1 Å². The summed E-state index contributed by atoms with van der Waals surface area (Å²) in [6, 6.07) is 15.5. The van der Waals surface area contributed by atoms with Gasteiger partial charge in [-0.05, 0) is 48.9 Å². The molecular formula is C34H25ClF3N3O5. The fraction of sp³-hybridized carbons (Fsp3) is 0.206. The van der Waals surface area contributed by atoms with Gasteiger partial charge in [-0.25, -0.2) is 27.9 Å². The topological polar surface area (TPSA) is 88.6 Å². The zero-order valence-electron chi connectivity index (χ0n) is 24.4. The molecule has 1 aliphatic heterocycles. The lowest BCUT2D eigenvalue weighted by Crippen LogP contribution is -2.31. The molecular weight excluding hydrogens is 623 g/mol. The Morgan fingerprint density at radius 1 is 1.07 bits per heavy atom. The number of nitrogens with zero attached hydrogens (tertiary/aromatic N) is 3. The van der Waals surface area contributed by atoms with Gasteiger partial charge in [0.2, 0.25) is 5.88 Å². The molecule has 1 fully saturated rings. The van der Waals surface area contributed by atoms with E-state index in [0.717, 1.165) is 17.9 Å². The van der Waals surface area contributed by atoms with E-state index in [-0.39, 0.29) is 36.3 Å². The Bertz CT molecular complexity index is 2130. The Morgan fingerprint density at radius 3 is 2.70 bits per heavy atom. The number of methoxy groups -OCH3 is 1. The smallest absolute Gasteiger partial charge is 0.337 e. The quantitative estimate of drug-likeness (QED) is 0.118. The summed E-state index contributed by atoms with van der Waals surface area (Å²) in [5, 5.41) is 1.27. The highest BCUT2D eigenvalue weighted by Crippen LogP contribution is 2.32. The van der Waals surface area contributed by atoms with Crippen molar-refractivity contribution < 1.29 is 36.6 Å². The minimum Gasteiger partial charge on any atom is -0.473 e. The van der Waals surface area contributed by atoms with Gasteiger partial charge in [0.05, 0.1) is 53.3 Å². The first-order valence-corrected chi connectivity index (χ1v) is 14.8. The van der Waals surface area contributed by atoms with Crippen LogP contribution in [0.4, 0.5) is 13.2 Å². The fourth-order valence-electron chi connectivity index (χ4n) is 5.52. The lowest BCUT2D eigenvalue weighted by molar-refractivity contribution is -0.0589. The summed E-state index contributed by atoms with van der Waals surface area (Å²) < 4.78 is 70.4. The normalized spacial score (nSPS) is 14.5. The van der Waals surface area contributed by atoms with Crippen LogP contribution in [-0.2, 0) is 29.0 Å². The number of carbonyl (C=O) groups excluding carboxylic acids is 1. The van der Waals surface area contributed by atoms with E-state index < -0.39 is 29.0 Å². The van der Waals surface area contributed by atoms with Gasteiger partial charge in [-0.3, -0.25) is 0 Å². The molecule has 0 aliphatic carbocycles. The second kappa shape index (κ2) is 12.1. The maximum atomic E-state index is 15.6. The van der Waals surface area contributed by atoms with E-state index in [4.69, 9.17) is 30.2 Å². The fourth-order valence-corrected chi connectivity index (χ4v) is 5.74. The Balaban J connectivity index is 1.18. The predicted molar refractivity (Wildman–Crippen MR) is 163 cm³/mol. The molecule has 0 saturated carbocycles. The molecule has 8 nitrogen and oxygen atoms in total. The molecule has 3 aromatic carbocycles. The number of ether oxygens (including phenoxy) is 3. The molecule has 234 valence electrons. The third kappa shape index (κ3) is 5.45. The van der Waals surface area contributed by atoms with Crippen molar-refractivity contribution in [2.24, 2.45) is 0 Å². The summed E-state index contributed by atoms with van der Waals surface area (Å²) in [6.07, 6.45) is 1.85. The maximum Gasteiger partial charge on any atom is 0.337 e. The van der Waals surface area contributed by atoms with Crippen molar-refractivity contribution in [3.63, 3.8) is 0 Å². The number of imidazole rings is 1. The summed E-state index contributed by atoms with van der Waals surface area (Å²) in [6.45, 7) is 1.01. The van der Waals surface area contributed by atoms with Crippen molar-refractivity contribution in [2.75, 3.05) is 13.7 Å². The number of benzene rings is 3. The standard InChI is InChI=1S/C34H25ClF3N3O5/c1-43-34(42)18-6-8-27-28(13-18)41(16-20-9-11-44-20)29(39-27)15-22-25(36)14-23(32(38)31(22)37)26-3-2-4-30(40-26)46-17-19-5-7-24(35)21-10-12-45-33(19)21/h2-8,10,12-14,20H,9,11,15-17H2,1H3/t20-/m0/s1. The van der Waals surface area contributed by atoms with E-state index in [2.05, 4.69) is 9.97 Å². The second-order valence-electron chi connectivity index (χ2n) is 10.8. The zero-order chi connectivity index (χ0) is 31.9. The van der Waals surface area contributed by atoms with Crippen LogP contribution in [-0.4, -0.2) is 40.3 Å². The first kappa shape index (κ1) is 29.8. The van der Waals surface area contributed by atoms with Crippen molar-refractivity contribution >= 4 is 39.6 Å². The summed E-state index contributed by atoms with van der Waals surface area (Å²) in [5.74, 6) is -3.69. The molecule has 0 bridgehead atoms. The van der Waals surface area contributed by atoms with Gasteiger partial charge in [0.25, 0.3) is 0 Å². The molecule has 0 unspecified atom stereocenters. The lowest BCUT2D eigenvalue weighted by atomic mass is 10.0. The third-order valence-corrected chi connectivity index (χ3v) is 8.37. The number of pyridine rings is 1. The number of fused-ring (bicyclic) bond motifs is 2. The van der Waals surface area contributed by atoms with Crippen molar-refractivity contribution in [1.82, 2.24) is 14.5 Å². The number of hydrogen-bond donors (Lipinski definition) is 0. The lowest BCUT2D eigenvalue weighted by Gasteiger charge is -2.27. The molecule has 0 N–H and O–H groups in total. The van der Waals surface area contributed by atoms with Crippen molar-refractivity contribution in [1.29, 1.82) is 0 Å². The highest BCUT2D eigenvalue weighted by atomic mass is 35.5. The Labute approximate surface area is 265 Å². The van der Waals surface area contributed by atoms with Crippen molar-refractivity contribution in [3.05, 3.63) is 112 Å². The number of hydrogen-bond acceptors (Lipinski definition) is 7. The number of aromatic nitrogens is 3. The van der Waals surface area contributed by atoms with Gasteiger partial charge in [-0.2, -0.15) is 0 Å². The van der Waals surface area contributed by atoms with Crippen LogP contribution < -0.4 is 4.74 Å². The summed E-state index contributed by atoms with van der Waals surface area (Å²) in [5.41, 5.74) is 1.79. The molecule has 1 atom stereocenters. The molecule has 1 saturated heterocycles. The number of rotatable bonds is 9. The summed E-state index contributed by atoms with van der Waals surface area (Å²) in [7, 11) is 1.28. The third-order valence-electron chi connectivity index (χ3n) is 8.04. The Morgan fingerprint density at radius 2 is 1.91 bits per heavy atom. The van der Waals surface area contributed by atoms with Crippen LogP contribution in [0.1, 0.15) is 33.7 Å². The molecule has 46 heavy (non-hydrogen) atoms. The van der Waals surface area contributed by atoms with Crippen LogP contribution >= 0.6 is 11.6 Å². The average molecular weight is 648 g/mol. The number of furan rings is 1. The highest BCUT2D eigenvalue weighted by molar-refractivity contribution is 6.35. The molecule has 1 aliphatic rings. The van der Waals surface area contributed by atoms with Gasteiger partial charge in [-0.1, -0.05) is 23.7 Å². The highest BCUT2D eigenvalue weighted by Gasteiger charge is 2.26. The van der Waals surface area contributed by atoms with Gasteiger partial charge < -0.3 is 23.2 Å². The minimum atomic E-state index is -1.35. The van der Waals surface area contributed by atoms with Gasteiger partial charge in [-0.15, -0.1) is 0 Å². The molecule has 0 radical (unpaired) electrons. The maximum absolute atomic E-state index is 15.6. The molecule has 4 heterocycles. The monoisotopic (exact) mass is 647 g/mol. The summed E-state index contributed by atoms with van der Waals surface area (Å²) in [4.78, 5) is 21.0. The molecule has 0 spiro atoms. The van der Waals surface area contributed by atoms with E-state index in [9.17, 15) is 4.79 Å². The van der Waals surface area contributed by atoms with Crippen LogP contribution in [0.2, 0.25) is 5.02 Å². The van der Waals surface area contributed by atoms with Crippen LogP contribution in [0.3, 0.4) is 0 Å². The predicted octanol–water partition coefficient (Wildman–Crippen LogP) is 7.66. The minimum absolute atomic E-state index is 0.0108. The van der Waals surface area contributed by atoms with Crippen LogP contribution in [0.5, 0.6) is 5.88 Å². The molecule has 7 rings (SSSR count). The van der Waals surface area contributed by atoms with E-state index >= 15 is 13.2 Å². The number of esters is 1. The molecule has 0 amide bonds. The van der Waals surface area contributed by atoms with Gasteiger partial charge >= 0.3 is 5.97 Å². The number of carbonyl (C=O) groups is 1. The SMILES string of the molecule is COC(=O)c1ccc2nc(Cc3c(F)cc(-c4cccc(OCc5ccc(Cl)c6ccoc56)n4)c(F)c3F)n(C[C@@H]3CCO3)c2c1. The van der Waals surface area contributed by atoms with Gasteiger partial charge in [0.1, 0.15) is 23.8 Å². The molecule has 12 heteroatoms. The van der Waals surface area contributed by atoms with Crippen molar-refractivity contribution in [3.8, 4) is 17.1 Å². The second-order valence-corrected chi connectivity index (χ2v) is 11.2. The average Bonchev–Trinajstić information content (AvgIpc) is 3.67. The first-order chi connectivity index (χ1) is 22.3. The van der Waals surface area contributed by atoms with E-state index in [1.165, 1.54) is 19.4 Å². The van der Waals surface area contributed by atoms with Gasteiger partial charge in [0.15, 0.2) is 11.6 Å². The summed E-state index contributed by atoms with van der Waals surface area (Å²) >= 11 is 6.21. The Hall–Kier alpha value is -4.87. The van der Waals surface area contributed by atoms with Crippen LogP contribution in [0.15, 0.2) is 71.3 Å². The largest absolute Gasteiger partial charge is 0.473 e. The molecule has 3 aromatic heterocycles. The number of halogens is 4. The van der Waals surface area contributed by atoms with Crippen LogP contribution in [0, 0.1) is 17.5 Å². The Kier molecular flexibility index (Phi) is 7.87.